The zero-order valence-electron chi connectivity index (χ0n) is 12.4. The molecule has 3 aromatic rings. The molecule has 0 spiro atoms. The summed E-state index contributed by atoms with van der Waals surface area (Å²) in [6.07, 6.45) is 1.59. The maximum Gasteiger partial charge on any atom is 0.363 e. The Hall–Kier alpha value is -3.14. The van der Waals surface area contributed by atoms with E-state index in [9.17, 15) is 4.79 Å². The normalized spacial score (nSPS) is 16.0. The fraction of sp³-hybridized carbons (Fsp3) is 0.0526. The van der Waals surface area contributed by atoms with Crippen LogP contribution in [0, 0.1) is 6.92 Å². The molecule has 4 rings (SSSR count). The maximum absolute atomic E-state index is 12.1. The number of hydrogen-bond donors (Lipinski definition) is 0. The molecule has 23 heavy (non-hydrogen) atoms. The molecular weight excluding hydrogens is 290 g/mol. The second kappa shape index (κ2) is 5.25. The van der Waals surface area contributed by atoms with Gasteiger partial charge in [0.1, 0.15) is 11.5 Å². The Labute approximate surface area is 132 Å². The molecule has 4 heteroatoms. The van der Waals surface area contributed by atoms with Crippen molar-refractivity contribution in [1.29, 1.82) is 0 Å². The first kappa shape index (κ1) is 13.5. The Morgan fingerprint density at radius 2 is 1.83 bits per heavy atom. The number of rotatable bonds is 2. The van der Waals surface area contributed by atoms with E-state index in [-0.39, 0.29) is 5.70 Å². The van der Waals surface area contributed by atoms with E-state index in [1.165, 1.54) is 0 Å². The molecule has 4 nitrogen and oxygen atoms in total. The van der Waals surface area contributed by atoms with Gasteiger partial charge in [0.25, 0.3) is 0 Å². The number of hydrogen-bond acceptors (Lipinski definition) is 4. The third-order valence-electron chi connectivity index (χ3n) is 3.68. The monoisotopic (exact) mass is 303 g/mol. The molecular formula is C19H13NO3. The molecule has 0 amide bonds. The lowest BCUT2D eigenvalue weighted by Crippen LogP contribution is -2.05. The van der Waals surface area contributed by atoms with Crippen molar-refractivity contribution in [3.63, 3.8) is 0 Å². The lowest BCUT2D eigenvalue weighted by Gasteiger charge is -2.04. The summed E-state index contributed by atoms with van der Waals surface area (Å²) >= 11 is 0. The lowest BCUT2D eigenvalue weighted by molar-refractivity contribution is -0.129. The predicted octanol–water partition coefficient (Wildman–Crippen LogP) is 4.09. The Kier molecular flexibility index (Phi) is 3.08. The van der Waals surface area contributed by atoms with Crippen LogP contribution in [0.1, 0.15) is 17.1 Å². The largest absolute Gasteiger partial charge is 0.462 e. The highest BCUT2D eigenvalue weighted by Gasteiger charge is 2.25. The van der Waals surface area contributed by atoms with Gasteiger partial charge in [-0.15, -0.1) is 0 Å². The van der Waals surface area contributed by atoms with Crippen molar-refractivity contribution >= 4 is 28.7 Å². The number of aliphatic imine (C=N–C) groups is 1. The minimum Gasteiger partial charge on any atom is -0.462 e. The Morgan fingerprint density at radius 1 is 1.00 bits per heavy atom. The maximum atomic E-state index is 12.1. The Morgan fingerprint density at radius 3 is 2.65 bits per heavy atom. The first-order chi connectivity index (χ1) is 11.2. The smallest absolute Gasteiger partial charge is 0.363 e. The van der Waals surface area contributed by atoms with Crippen LogP contribution < -0.4 is 0 Å². The van der Waals surface area contributed by atoms with Gasteiger partial charge in [-0.25, -0.2) is 9.79 Å². The summed E-state index contributed by atoms with van der Waals surface area (Å²) in [5.41, 5.74) is 1.04. The van der Waals surface area contributed by atoms with Crippen LogP contribution in [0.5, 0.6) is 0 Å². The molecule has 0 aliphatic carbocycles. The predicted molar refractivity (Wildman–Crippen MR) is 88.0 cm³/mol. The number of benzene rings is 2. The average Bonchev–Trinajstić information content (AvgIpc) is 3.13. The molecule has 0 fully saturated rings. The van der Waals surface area contributed by atoms with Crippen molar-refractivity contribution < 1.29 is 13.9 Å². The SMILES string of the molecule is Cc1ccc(/C=C2/N=C(c3cccc4ccccc34)OC2=O)o1. The minimum absolute atomic E-state index is 0.238. The van der Waals surface area contributed by atoms with Crippen LogP contribution >= 0.6 is 0 Å². The van der Waals surface area contributed by atoms with Crippen LogP contribution in [0.2, 0.25) is 0 Å². The Balaban J connectivity index is 1.79. The number of esters is 1. The summed E-state index contributed by atoms with van der Waals surface area (Å²) in [4.78, 5) is 16.4. The zero-order valence-corrected chi connectivity index (χ0v) is 12.4. The second-order valence-electron chi connectivity index (χ2n) is 5.31. The van der Waals surface area contributed by atoms with Crippen LogP contribution in [0.3, 0.4) is 0 Å². The lowest BCUT2D eigenvalue weighted by atomic mass is 10.0. The molecule has 1 aromatic heterocycles. The van der Waals surface area contributed by atoms with Crippen LogP contribution in [0.15, 0.2) is 69.7 Å². The topological polar surface area (TPSA) is 51.8 Å². The first-order valence-electron chi connectivity index (χ1n) is 7.28. The van der Waals surface area contributed by atoms with Crippen molar-refractivity contribution in [3.8, 4) is 0 Å². The second-order valence-corrected chi connectivity index (χ2v) is 5.31. The number of ether oxygens (including phenoxy) is 1. The van der Waals surface area contributed by atoms with Crippen molar-refractivity contribution in [1.82, 2.24) is 0 Å². The number of fused-ring (bicyclic) bond motifs is 1. The molecule has 112 valence electrons. The summed E-state index contributed by atoms with van der Waals surface area (Å²) in [5, 5.41) is 2.07. The average molecular weight is 303 g/mol. The van der Waals surface area contributed by atoms with Gasteiger partial charge in [-0.05, 0) is 35.9 Å². The van der Waals surface area contributed by atoms with E-state index in [1.807, 2.05) is 55.5 Å². The van der Waals surface area contributed by atoms with Gasteiger partial charge in [-0.1, -0.05) is 36.4 Å². The molecule has 1 aliphatic rings. The molecule has 0 unspecified atom stereocenters. The van der Waals surface area contributed by atoms with Crippen LogP contribution in [0.25, 0.3) is 16.8 Å². The summed E-state index contributed by atoms with van der Waals surface area (Å²) in [6.45, 7) is 1.85. The quantitative estimate of drug-likeness (QED) is 0.529. The summed E-state index contributed by atoms with van der Waals surface area (Å²) in [7, 11) is 0. The highest BCUT2D eigenvalue weighted by molar-refractivity contribution is 6.17. The number of nitrogens with zero attached hydrogens (tertiary/aromatic N) is 1. The highest BCUT2D eigenvalue weighted by atomic mass is 16.6. The first-order valence-corrected chi connectivity index (χ1v) is 7.28. The summed E-state index contributed by atoms with van der Waals surface area (Å²) < 4.78 is 10.8. The van der Waals surface area contributed by atoms with Crippen molar-refractivity contribution in [3.05, 3.63) is 77.4 Å². The number of aryl methyl sites for hydroxylation is 1. The van der Waals surface area contributed by atoms with Crippen molar-refractivity contribution in [2.24, 2.45) is 4.99 Å². The molecule has 0 radical (unpaired) electrons. The molecule has 0 saturated heterocycles. The molecule has 2 heterocycles. The van der Waals surface area contributed by atoms with Crippen molar-refractivity contribution in [2.45, 2.75) is 6.92 Å². The van der Waals surface area contributed by atoms with Gasteiger partial charge in [0.15, 0.2) is 5.70 Å². The summed E-state index contributed by atoms with van der Waals surface area (Å²) in [6, 6.07) is 17.4. The molecule has 0 N–H and O–H groups in total. The van der Waals surface area contributed by atoms with Gasteiger partial charge in [-0.2, -0.15) is 0 Å². The van der Waals surface area contributed by atoms with Crippen LogP contribution in [-0.4, -0.2) is 11.9 Å². The van der Waals surface area contributed by atoms with Gasteiger partial charge >= 0.3 is 5.97 Å². The Bertz CT molecular complexity index is 974. The number of cyclic esters (lactones) is 1. The third kappa shape index (κ3) is 2.44. The molecule has 1 aliphatic heterocycles. The van der Waals surface area contributed by atoms with E-state index in [0.29, 0.717) is 11.7 Å². The van der Waals surface area contributed by atoms with Gasteiger partial charge in [0.2, 0.25) is 5.90 Å². The number of furan rings is 1. The fourth-order valence-corrected chi connectivity index (χ4v) is 2.60. The van der Waals surface area contributed by atoms with E-state index >= 15 is 0 Å². The van der Waals surface area contributed by atoms with E-state index in [4.69, 9.17) is 9.15 Å². The van der Waals surface area contributed by atoms with Gasteiger partial charge < -0.3 is 9.15 Å². The number of carbonyl (C=O) groups excluding carboxylic acids is 1. The van der Waals surface area contributed by atoms with E-state index in [0.717, 1.165) is 22.1 Å². The van der Waals surface area contributed by atoms with Crippen LogP contribution in [0.4, 0.5) is 0 Å². The van der Waals surface area contributed by atoms with E-state index in [1.54, 1.807) is 12.1 Å². The van der Waals surface area contributed by atoms with Gasteiger partial charge in [-0.3, -0.25) is 0 Å². The molecule has 2 aromatic carbocycles. The summed E-state index contributed by atoms with van der Waals surface area (Å²) in [5.74, 6) is 1.21. The van der Waals surface area contributed by atoms with Gasteiger partial charge in [0.05, 0.1) is 0 Å². The van der Waals surface area contributed by atoms with E-state index in [2.05, 4.69) is 4.99 Å². The van der Waals surface area contributed by atoms with Crippen LogP contribution in [-0.2, 0) is 9.53 Å². The molecule has 0 bridgehead atoms. The zero-order chi connectivity index (χ0) is 15.8. The van der Waals surface area contributed by atoms with Gasteiger partial charge in [0, 0.05) is 11.6 Å². The minimum atomic E-state index is -0.470. The van der Waals surface area contributed by atoms with E-state index < -0.39 is 5.97 Å². The third-order valence-corrected chi connectivity index (χ3v) is 3.68. The van der Waals surface area contributed by atoms with Crippen molar-refractivity contribution in [2.75, 3.05) is 0 Å². The fourth-order valence-electron chi connectivity index (χ4n) is 2.60. The highest BCUT2D eigenvalue weighted by Crippen LogP contribution is 2.25. The molecule has 0 saturated carbocycles. The standard InChI is InChI=1S/C19H13NO3/c1-12-9-10-14(22-12)11-17-19(21)23-18(20-17)16-8-4-6-13-5-2-3-7-15(13)16/h2-11H,1H3/b17-11+. The number of carbonyl (C=O) groups is 1. The molecule has 0 atom stereocenters.